The molecule has 0 aromatic carbocycles. The minimum absolute atomic E-state index is 0.181. The van der Waals surface area contributed by atoms with Gasteiger partial charge in [0.1, 0.15) is 0 Å². The first-order valence-electron chi connectivity index (χ1n) is 6.40. The van der Waals surface area contributed by atoms with Crippen LogP contribution in [0.2, 0.25) is 0 Å². The van der Waals surface area contributed by atoms with Crippen molar-refractivity contribution in [1.29, 1.82) is 0 Å². The molecule has 1 rings (SSSR count). The van der Waals surface area contributed by atoms with E-state index in [9.17, 15) is 8.42 Å². The maximum atomic E-state index is 12.3. The number of rotatable bonds is 6. The third kappa shape index (κ3) is 4.23. The lowest BCUT2D eigenvalue weighted by atomic mass is 10.0. The molecular formula is C11H22Cl2N2O2S. The maximum Gasteiger partial charge on any atom is 0.280 e. The average Bonchev–Trinajstić information content (AvgIpc) is 2.65. The summed E-state index contributed by atoms with van der Waals surface area (Å²) >= 11 is 11.7. The Labute approximate surface area is 120 Å². The van der Waals surface area contributed by atoms with Crippen LogP contribution < -0.4 is 4.72 Å². The highest BCUT2D eigenvalue weighted by Crippen LogP contribution is 2.19. The second-order valence-electron chi connectivity index (χ2n) is 4.82. The molecule has 7 heteroatoms. The van der Waals surface area contributed by atoms with E-state index in [0.29, 0.717) is 19.5 Å². The molecule has 0 saturated carbocycles. The van der Waals surface area contributed by atoms with E-state index in [1.807, 2.05) is 6.92 Å². The van der Waals surface area contributed by atoms with Crippen LogP contribution in [0.1, 0.15) is 39.0 Å². The van der Waals surface area contributed by atoms with Gasteiger partial charge in [-0.3, -0.25) is 0 Å². The molecule has 1 aliphatic heterocycles. The van der Waals surface area contributed by atoms with Crippen LogP contribution in [0.15, 0.2) is 0 Å². The van der Waals surface area contributed by atoms with Gasteiger partial charge in [0, 0.05) is 24.8 Å². The van der Waals surface area contributed by atoms with Gasteiger partial charge in [-0.1, -0.05) is 19.8 Å². The van der Waals surface area contributed by atoms with Crippen LogP contribution in [0.25, 0.3) is 0 Å². The van der Waals surface area contributed by atoms with Gasteiger partial charge in [0.2, 0.25) is 0 Å². The van der Waals surface area contributed by atoms with E-state index >= 15 is 0 Å². The molecule has 1 heterocycles. The molecule has 0 unspecified atom stereocenters. The summed E-state index contributed by atoms with van der Waals surface area (Å²) in [4.78, 5) is 0. The number of hydrogen-bond acceptors (Lipinski definition) is 2. The van der Waals surface area contributed by atoms with Crippen LogP contribution in [-0.4, -0.2) is 43.1 Å². The third-order valence-corrected chi connectivity index (χ3v) is 6.20. The molecule has 1 fully saturated rings. The summed E-state index contributed by atoms with van der Waals surface area (Å²) in [5, 5.41) is 0. The van der Waals surface area contributed by atoms with Crippen LogP contribution in [0.4, 0.5) is 0 Å². The normalized spacial score (nSPS) is 19.7. The fraction of sp³-hybridized carbons (Fsp3) is 1.00. The van der Waals surface area contributed by atoms with Crippen LogP contribution in [0.3, 0.4) is 0 Å². The van der Waals surface area contributed by atoms with Gasteiger partial charge in [-0.25, -0.2) is 0 Å². The highest BCUT2D eigenvalue weighted by Gasteiger charge is 2.34. The van der Waals surface area contributed by atoms with Crippen molar-refractivity contribution < 1.29 is 8.42 Å². The van der Waals surface area contributed by atoms with Crippen molar-refractivity contribution in [3.63, 3.8) is 0 Å². The molecule has 0 bridgehead atoms. The number of nitrogens with zero attached hydrogens (tertiary/aromatic N) is 1. The SMILES string of the molecule is CCC(CCl)(CCl)NS(=O)(=O)N1CCCCCC1. The molecule has 0 aromatic heterocycles. The average molecular weight is 317 g/mol. The van der Waals surface area contributed by atoms with Crippen molar-refractivity contribution in [2.45, 2.75) is 44.6 Å². The van der Waals surface area contributed by atoms with E-state index in [0.717, 1.165) is 25.7 Å². The van der Waals surface area contributed by atoms with E-state index in [-0.39, 0.29) is 11.8 Å². The van der Waals surface area contributed by atoms with Crippen LogP contribution in [0, 0.1) is 0 Å². The zero-order chi connectivity index (χ0) is 13.6. The minimum Gasteiger partial charge on any atom is -0.195 e. The Morgan fingerprint density at radius 3 is 2.00 bits per heavy atom. The van der Waals surface area contributed by atoms with E-state index in [1.165, 1.54) is 4.31 Å². The van der Waals surface area contributed by atoms with Crippen molar-refractivity contribution in [3.8, 4) is 0 Å². The zero-order valence-corrected chi connectivity index (χ0v) is 13.1. The lowest BCUT2D eigenvalue weighted by Crippen LogP contribution is -2.55. The Kier molecular flexibility index (Phi) is 6.68. The first-order valence-corrected chi connectivity index (χ1v) is 8.91. The molecule has 4 nitrogen and oxygen atoms in total. The molecular weight excluding hydrogens is 295 g/mol. The van der Waals surface area contributed by atoms with Crippen molar-refractivity contribution in [2.24, 2.45) is 0 Å². The highest BCUT2D eigenvalue weighted by molar-refractivity contribution is 7.87. The summed E-state index contributed by atoms with van der Waals surface area (Å²) in [6.45, 7) is 3.05. The maximum absolute atomic E-state index is 12.3. The third-order valence-electron chi connectivity index (χ3n) is 3.44. The summed E-state index contributed by atoms with van der Waals surface area (Å²) in [6.07, 6.45) is 4.60. The molecule has 0 aromatic rings. The number of halogens is 2. The first kappa shape index (κ1) is 16.5. The Bertz CT molecular complexity index is 329. The van der Waals surface area contributed by atoms with Gasteiger partial charge in [-0.05, 0) is 19.3 Å². The second kappa shape index (κ2) is 7.29. The minimum atomic E-state index is -3.49. The van der Waals surface area contributed by atoms with Gasteiger partial charge in [-0.15, -0.1) is 23.2 Å². The fourth-order valence-corrected chi connectivity index (χ4v) is 4.63. The van der Waals surface area contributed by atoms with Crippen molar-refractivity contribution >= 4 is 33.4 Å². The molecule has 0 spiro atoms. The van der Waals surface area contributed by atoms with Gasteiger partial charge in [0.15, 0.2) is 0 Å². The van der Waals surface area contributed by atoms with Crippen molar-refractivity contribution in [3.05, 3.63) is 0 Å². The van der Waals surface area contributed by atoms with E-state index in [1.54, 1.807) is 0 Å². The quantitative estimate of drug-likeness (QED) is 0.764. The standard InChI is InChI=1S/C11H22Cl2N2O2S/c1-2-11(9-12,10-13)14-18(16,17)15-7-5-3-4-6-8-15/h14H,2-10H2,1H3. The van der Waals surface area contributed by atoms with Crippen LogP contribution in [-0.2, 0) is 10.2 Å². The number of hydrogen-bond donors (Lipinski definition) is 1. The van der Waals surface area contributed by atoms with Gasteiger partial charge in [-0.2, -0.15) is 17.4 Å². The van der Waals surface area contributed by atoms with E-state index in [4.69, 9.17) is 23.2 Å². The Balaban J connectivity index is 2.78. The largest absolute Gasteiger partial charge is 0.280 e. The number of alkyl halides is 2. The van der Waals surface area contributed by atoms with Gasteiger partial charge in [0.25, 0.3) is 10.2 Å². The van der Waals surface area contributed by atoms with Crippen LogP contribution in [0.5, 0.6) is 0 Å². The summed E-state index contributed by atoms with van der Waals surface area (Å²) in [5.74, 6) is 0.361. The van der Waals surface area contributed by atoms with Gasteiger partial charge in [0.05, 0.1) is 5.54 Å². The molecule has 0 atom stereocenters. The van der Waals surface area contributed by atoms with Gasteiger partial charge >= 0.3 is 0 Å². The van der Waals surface area contributed by atoms with E-state index < -0.39 is 15.7 Å². The monoisotopic (exact) mass is 316 g/mol. The van der Waals surface area contributed by atoms with Gasteiger partial charge < -0.3 is 0 Å². The van der Waals surface area contributed by atoms with Crippen molar-refractivity contribution in [2.75, 3.05) is 24.8 Å². The fourth-order valence-electron chi connectivity index (χ4n) is 1.97. The molecule has 0 amide bonds. The molecule has 1 saturated heterocycles. The molecule has 1 N–H and O–H groups in total. The number of nitrogens with one attached hydrogen (secondary N) is 1. The van der Waals surface area contributed by atoms with Crippen LogP contribution >= 0.6 is 23.2 Å². The molecule has 0 radical (unpaired) electrons. The highest BCUT2D eigenvalue weighted by atomic mass is 35.5. The van der Waals surface area contributed by atoms with Crippen molar-refractivity contribution in [1.82, 2.24) is 9.03 Å². The second-order valence-corrected chi connectivity index (χ2v) is 7.03. The summed E-state index contributed by atoms with van der Waals surface area (Å²) in [6, 6.07) is 0. The van der Waals surface area contributed by atoms with E-state index in [2.05, 4.69) is 4.72 Å². The predicted octanol–water partition coefficient (Wildman–Crippen LogP) is 2.32. The zero-order valence-electron chi connectivity index (χ0n) is 10.8. The molecule has 1 aliphatic rings. The summed E-state index contributed by atoms with van der Waals surface area (Å²) < 4.78 is 28.9. The summed E-state index contributed by atoms with van der Waals surface area (Å²) in [7, 11) is -3.49. The predicted molar refractivity (Wildman–Crippen MR) is 76.6 cm³/mol. The Morgan fingerprint density at radius 1 is 1.11 bits per heavy atom. The lowest BCUT2D eigenvalue weighted by molar-refractivity contribution is 0.382. The first-order chi connectivity index (χ1) is 8.49. The molecule has 0 aliphatic carbocycles. The Hall–Kier alpha value is 0.450. The molecule has 18 heavy (non-hydrogen) atoms. The lowest BCUT2D eigenvalue weighted by Gasteiger charge is -2.32. The molecule has 108 valence electrons. The Morgan fingerprint density at radius 2 is 1.61 bits per heavy atom. The summed E-state index contributed by atoms with van der Waals surface area (Å²) in [5.41, 5.74) is -0.742. The smallest absolute Gasteiger partial charge is 0.195 e. The topological polar surface area (TPSA) is 49.4 Å².